The van der Waals surface area contributed by atoms with Crippen LogP contribution in [0.5, 0.6) is 0 Å². The maximum atomic E-state index is 12.5. The maximum Gasteiger partial charge on any atom is 0.326 e. The Morgan fingerprint density at radius 3 is 2.50 bits per heavy atom. The Morgan fingerprint density at radius 2 is 1.93 bits per heavy atom. The molecule has 2 aliphatic heterocycles. The number of nitrogens with zero attached hydrogens (tertiary/aromatic N) is 1. The maximum absolute atomic E-state index is 12.5. The molecule has 3 unspecified atom stereocenters. The highest BCUT2D eigenvalue weighted by Crippen LogP contribution is 2.28. The first-order valence-electron chi connectivity index (χ1n) is 9.18. The predicted molar refractivity (Wildman–Crippen MR) is 102 cm³/mol. The molecule has 0 saturated carbocycles. The number of amides is 2. The van der Waals surface area contributed by atoms with Gasteiger partial charge in [0.2, 0.25) is 0 Å². The molecule has 0 bridgehead atoms. The molecule has 3 atom stereocenters. The summed E-state index contributed by atoms with van der Waals surface area (Å²) in [7, 11) is 0. The number of carboxylic acid groups (broad SMARTS) is 1. The third-order valence-electron chi connectivity index (χ3n) is 4.79. The molecule has 0 aromatic heterocycles. The van der Waals surface area contributed by atoms with Crippen LogP contribution in [-0.4, -0.2) is 63.6 Å². The van der Waals surface area contributed by atoms with Crippen molar-refractivity contribution in [3.63, 3.8) is 0 Å². The van der Waals surface area contributed by atoms with Crippen LogP contribution < -0.4 is 5.32 Å². The lowest BCUT2D eigenvalue weighted by Gasteiger charge is -2.23. The van der Waals surface area contributed by atoms with Crippen LogP contribution in [0.3, 0.4) is 0 Å². The molecule has 2 aliphatic rings. The summed E-state index contributed by atoms with van der Waals surface area (Å²) in [6.07, 6.45) is 1.27. The molecule has 1 fully saturated rings. The molecule has 1 saturated heterocycles. The zero-order valence-corrected chi connectivity index (χ0v) is 16.2. The molecule has 1 aromatic rings. The van der Waals surface area contributed by atoms with E-state index in [-0.39, 0.29) is 34.9 Å². The van der Waals surface area contributed by atoms with Crippen LogP contribution in [0.1, 0.15) is 46.9 Å². The summed E-state index contributed by atoms with van der Waals surface area (Å²) in [6.45, 7) is 2.08. The number of ether oxygens (including phenoxy) is 1. The predicted octanol–water partition coefficient (Wildman–Crippen LogP) is 1.50. The van der Waals surface area contributed by atoms with Gasteiger partial charge < -0.3 is 9.84 Å². The van der Waals surface area contributed by atoms with Gasteiger partial charge in [-0.25, -0.2) is 4.79 Å². The summed E-state index contributed by atoms with van der Waals surface area (Å²) < 4.78 is 5.00. The van der Waals surface area contributed by atoms with Crippen LogP contribution in [0.2, 0.25) is 0 Å². The number of nitrogens with one attached hydrogen (secondary N) is 1. The van der Waals surface area contributed by atoms with E-state index in [0.717, 1.165) is 4.90 Å². The number of carbonyl (C=O) groups excluding carboxylic acids is 3. The average molecular weight is 406 g/mol. The number of fused-ring (bicyclic) bond motifs is 1. The van der Waals surface area contributed by atoms with Crippen LogP contribution in [0.15, 0.2) is 24.3 Å². The van der Waals surface area contributed by atoms with Crippen molar-refractivity contribution in [2.75, 3.05) is 12.4 Å². The van der Waals surface area contributed by atoms with Crippen molar-refractivity contribution >= 4 is 35.5 Å². The fourth-order valence-electron chi connectivity index (χ4n) is 3.43. The molecule has 0 radical (unpaired) electrons. The number of hydrogen-bond donors (Lipinski definition) is 2. The van der Waals surface area contributed by atoms with E-state index in [9.17, 15) is 24.3 Å². The van der Waals surface area contributed by atoms with Gasteiger partial charge in [-0.05, 0) is 38.3 Å². The monoisotopic (exact) mass is 406 g/mol. The first kappa shape index (κ1) is 20.3. The zero-order valence-electron chi connectivity index (χ0n) is 15.4. The van der Waals surface area contributed by atoms with E-state index in [4.69, 9.17) is 4.74 Å². The Bertz CT molecular complexity index is 763. The third-order valence-corrected chi connectivity index (χ3v) is 6.09. The second-order valence-corrected chi connectivity index (χ2v) is 7.84. The number of imide groups is 1. The van der Waals surface area contributed by atoms with Gasteiger partial charge >= 0.3 is 11.9 Å². The fraction of sp³-hybridized carbons (Fsp3) is 0.474. The van der Waals surface area contributed by atoms with Gasteiger partial charge in [-0.3, -0.25) is 24.6 Å². The van der Waals surface area contributed by atoms with Gasteiger partial charge in [0.05, 0.1) is 23.1 Å². The molecule has 2 amide bonds. The smallest absolute Gasteiger partial charge is 0.326 e. The largest absolute Gasteiger partial charge is 0.480 e. The van der Waals surface area contributed by atoms with Gasteiger partial charge in [-0.1, -0.05) is 12.1 Å². The standard InChI is InChI=1S/C19H22N2O6S/c1-2-27-19(26)13-10-28-15(20-13)9-5-8-14(18(24)25)21-16(22)11-6-3-4-7-12(11)17(21)23/h3-4,6-7,13-15,20H,2,5,8-10H2,1H3,(H,24,25). The Hall–Kier alpha value is -2.39. The van der Waals surface area contributed by atoms with Crippen molar-refractivity contribution in [3.05, 3.63) is 35.4 Å². The first-order chi connectivity index (χ1) is 13.4. The SMILES string of the molecule is CCOC(=O)C1CSC(CCCC(C(=O)O)N2C(=O)c3ccccc3C2=O)N1. The van der Waals surface area contributed by atoms with Gasteiger partial charge in [0.15, 0.2) is 0 Å². The minimum atomic E-state index is -1.21. The summed E-state index contributed by atoms with van der Waals surface area (Å²) in [5, 5.41) is 12.8. The van der Waals surface area contributed by atoms with Crippen LogP contribution in [0, 0.1) is 0 Å². The number of rotatable bonds is 8. The average Bonchev–Trinajstić information content (AvgIpc) is 3.24. The van der Waals surface area contributed by atoms with Crippen LogP contribution in [0.25, 0.3) is 0 Å². The molecule has 2 heterocycles. The lowest BCUT2D eigenvalue weighted by atomic mass is 10.1. The van der Waals surface area contributed by atoms with E-state index < -0.39 is 23.8 Å². The lowest BCUT2D eigenvalue weighted by molar-refractivity contribution is -0.145. The van der Waals surface area contributed by atoms with Crippen molar-refractivity contribution in [1.29, 1.82) is 0 Å². The minimum Gasteiger partial charge on any atom is -0.480 e. The van der Waals surface area contributed by atoms with Gasteiger partial charge in [0.1, 0.15) is 12.1 Å². The van der Waals surface area contributed by atoms with Gasteiger partial charge in [-0.15, -0.1) is 11.8 Å². The minimum absolute atomic E-state index is 0.00558. The van der Waals surface area contributed by atoms with E-state index in [2.05, 4.69) is 5.32 Å². The number of aliphatic carboxylic acids is 1. The highest BCUT2D eigenvalue weighted by atomic mass is 32.2. The van der Waals surface area contributed by atoms with Gasteiger partial charge in [0.25, 0.3) is 11.8 Å². The number of carboxylic acids is 1. The first-order valence-corrected chi connectivity index (χ1v) is 10.2. The third kappa shape index (κ3) is 4.05. The van der Waals surface area contributed by atoms with Crippen molar-refractivity contribution in [3.8, 4) is 0 Å². The normalized spacial score (nSPS) is 22.2. The van der Waals surface area contributed by atoms with Crippen molar-refractivity contribution in [1.82, 2.24) is 10.2 Å². The Morgan fingerprint density at radius 1 is 1.29 bits per heavy atom. The summed E-state index contributed by atoms with van der Waals surface area (Å²) >= 11 is 1.58. The topological polar surface area (TPSA) is 113 Å². The highest BCUT2D eigenvalue weighted by Gasteiger charge is 2.42. The van der Waals surface area contributed by atoms with E-state index in [1.807, 2.05) is 0 Å². The summed E-state index contributed by atoms with van der Waals surface area (Å²) in [5.41, 5.74) is 0.480. The Balaban J connectivity index is 1.57. The van der Waals surface area contributed by atoms with E-state index in [1.54, 1.807) is 30.8 Å². The second kappa shape index (κ2) is 8.74. The lowest BCUT2D eigenvalue weighted by Crippen LogP contribution is -2.45. The van der Waals surface area contributed by atoms with E-state index >= 15 is 0 Å². The summed E-state index contributed by atoms with van der Waals surface area (Å²) in [6, 6.07) is 4.78. The van der Waals surface area contributed by atoms with Crippen molar-refractivity contribution < 1.29 is 29.0 Å². The number of thioether (sulfide) groups is 1. The van der Waals surface area contributed by atoms with Crippen molar-refractivity contribution in [2.45, 2.75) is 43.6 Å². The molecule has 3 rings (SSSR count). The van der Waals surface area contributed by atoms with Crippen LogP contribution in [-0.2, 0) is 14.3 Å². The van der Waals surface area contributed by atoms with Crippen LogP contribution >= 0.6 is 11.8 Å². The zero-order chi connectivity index (χ0) is 20.3. The van der Waals surface area contributed by atoms with Crippen LogP contribution in [0.4, 0.5) is 0 Å². The number of esters is 1. The van der Waals surface area contributed by atoms with Gasteiger partial charge in [-0.2, -0.15) is 0 Å². The van der Waals surface area contributed by atoms with E-state index in [1.165, 1.54) is 12.1 Å². The molecule has 0 spiro atoms. The number of hydrogen-bond acceptors (Lipinski definition) is 7. The van der Waals surface area contributed by atoms with Crippen molar-refractivity contribution in [2.24, 2.45) is 0 Å². The molecule has 28 heavy (non-hydrogen) atoms. The Labute approximate surface area is 166 Å². The molecule has 2 N–H and O–H groups in total. The number of benzene rings is 1. The van der Waals surface area contributed by atoms with Gasteiger partial charge in [0, 0.05) is 5.75 Å². The second-order valence-electron chi connectivity index (χ2n) is 6.60. The quantitative estimate of drug-likeness (QED) is 0.493. The summed E-state index contributed by atoms with van der Waals surface area (Å²) in [5.74, 6) is -2.02. The molecular formula is C19H22N2O6S. The molecule has 150 valence electrons. The molecular weight excluding hydrogens is 384 g/mol. The van der Waals surface area contributed by atoms with E-state index in [0.29, 0.717) is 25.2 Å². The fourth-order valence-corrected chi connectivity index (χ4v) is 4.68. The molecule has 1 aromatic carbocycles. The molecule has 0 aliphatic carbocycles. The Kier molecular flexibility index (Phi) is 6.35. The number of carbonyl (C=O) groups is 4. The summed E-state index contributed by atoms with van der Waals surface area (Å²) in [4.78, 5) is 49.4. The highest BCUT2D eigenvalue weighted by molar-refractivity contribution is 8.00. The molecule has 9 heteroatoms. The molecule has 8 nitrogen and oxygen atoms in total.